The van der Waals surface area contributed by atoms with E-state index >= 15 is 0 Å². The van der Waals surface area contributed by atoms with Gasteiger partial charge in [0.1, 0.15) is 17.8 Å². The molecule has 1 aromatic rings. The van der Waals surface area contributed by atoms with Crippen LogP contribution in [0.1, 0.15) is 18.3 Å². The van der Waals surface area contributed by atoms with Crippen LogP contribution < -0.4 is 5.32 Å². The van der Waals surface area contributed by atoms with Gasteiger partial charge in [-0.05, 0) is 26.0 Å². The summed E-state index contributed by atoms with van der Waals surface area (Å²) in [4.78, 5) is 14.6. The average molecular weight is 205 g/mol. The van der Waals surface area contributed by atoms with Crippen LogP contribution in [-0.4, -0.2) is 22.1 Å². The molecule has 0 aliphatic carbocycles. The highest BCUT2D eigenvalue weighted by Crippen LogP contribution is 2.11. The zero-order valence-electron chi connectivity index (χ0n) is 8.48. The topological polar surface area (TPSA) is 86.0 Å². The summed E-state index contributed by atoms with van der Waals surface area (Å²) in [5.74, 6) is -0.942. The Labute approximate surface area is 87.4 Å². The Kier molecular flexibility index (Phi) is 3.24. The van der Waals surface area contributed by atoms with Crippen LogP contribution in [0.2, 0.25) is 0 Å². The molecule has 5 heteroatoms. The van der Waals surface area contributed by atoms with E-state index in [-0.39, 0.29) is 5.69 Å². The maximum Gasteiger partial charge on any atom is 0.325 e. The Morgan fingerprint density at radius 2 is 2.33 bits per heavy atom. The fraction of sp³-hybridized carbons (Fsp3) is 0.300. The molecule has 0 bridgehead atoms. The zero-order chi connectivity index (χ0) is 11.4. The van der Waals surface area contributed by atoms with Crippen molar-refractivity contribution in [2.75, 3.05) is 5.32 Å². The molecular formula is C10H11N3O2. The van der Waals surface area contributed by atoms with E-state index in [2.05, 4.69) is 10.3 Å². The second kappa shape index (κ2) is 4.42. The first-order valence-electron chi connectivity index (χ1n) is 4.41. The lowest BCUT2D eigenvalue weighted by Gasteiger charge is -2.11. The first kappa shape index (κ1) is 11.0. The summed E-state index contributed by atoms with van der Waals surface area (Å²) in [5, 5.41) is 20.1. The highest BCUT2D eigenvalue weighted by molar-refractivity contribution is 5.76. The van der Waals surface area contributed by atoms with Crippen molar-refractivity contribution in [1.82, 2.24) is 4.98 Å². The molecule has 0 fully saturated rings. The van der Waals surface area contributed by atoms with Crippen molar-refractivity contribution in [2.45, 2.75) is 19.9 Å². The monoisotopic (exact) mass is 205 g/mol. The summed E-state index contributed by atoms with van der Waals surface area (Å²) in [7, 11) is 0. The smallest absolute Gasteiger partial charge is 0.325 e. The molecule has 0 spiro atoms. The van der Waals surface area contributed by atoms with Crippen LogP contribution in [0.5, 0.6) is 0 Å². The Morgan fingerprint density at radius 1 is 1.67 bits per heavy atom. The van der Waals surface area contributed by atoms with Crippen LogP contribution in [0.25, 0.3) is 0 Å². The van der Waals surface area contributed by atoms with Gasteiger partial charge in [-0.2, -0.15) is 5.26 Å². The predicted molar refractivity (Wildman–Crippen MR) is 54.4 cm³/mol. The third-order valence-corrected chi connectivity index (χ3v) is 1.82. The predicted octanol–water partition coefficient (Wildman–Crippen LogP) is 1.15. The molecule has 1 atom stereocenters. The number of aryl methyl sites for hydroxylation is 1. The summed E-state index contributed by atoms with van der Waals surface area (Å²) in [6.07, 6.45) is 0. The fourth-order valence-corrected chi connectivity index (χ4v) is 1.12. The summed E-state index contributed by atoms with van der Waals surface area (Å²) in [6.45, 7) is 3.28. The van der Waals surface area contributed by atoms with Gasteiger partial charge in [0.25, 0.3) is 0 Å². The molecule has 1 heterocycles. The number of nitriles is 1. The molecule has 0 saturated carbocycles. The van der Waals surface area contributed by atoms with Crippen LogP contribution >= 0.6 is 0 Å². The third-order valence-electron chi connectivity index (χ3n) is 1.82. The molecule has 5 nitrogen and oxygen atoms in total. The van der Waals surface area contributed by atoms with Crippen molar-refractivity contribution in [3.8, 4) is 6.07 Å². The number of carboxylic acids is 1. The summed E-state index contributed by atoms with van der Waals surface area (Å²) < 4.78 is 0. The zero-order valence-corrected chi connectivity index (χ0v) is 8.48. The van der Waals surface area contributed by atoms with E-state index in [4.69, 9.17) is 10.4 Å². The number of aliphatic carboxylic acids is 1. The van der Waals surface area contributed by atoms with Gasteiger partial charge in [0.2, 0.25) is 0 Å². The number of aromatic nitrogens is 1. The molecule has 2 N–H and O–H groups in total. The van der Waals surface area contributed by atoms with Crippen molar-refractivity contribution in [3.05, 3.63) is 23.5 Å². The van der Waals surface area contributed by atoms with Gasteiger partial charge in [-0.15, -0.1) is 0 Å². The molecular weight excluding hydrogens is 194 g/mol. The molecule has 0 aromatic carbocycles. The van der Waals surface area contributed by atoms with E-state index in [1.807, 2.05) is 6.07 Å². The summed E-state index contributed by atoms with van der Waals surface area (Å²) in [6, 6.07) is 4.43. The Hall–Kier alpha value is -2.09. The highest BCUT2D eigenvalue weighted by Gasteiger charge is 2.10. The van der Waals surface area contributed by atoms with Crippen molar-refractivity contribution in [3.63, 3.8) is 0 Å². The van der Waals surface area contributed by atoms with Gasteiger partial charge in [-0.3, -0.25) is 4.79 Å². The average Bonchev–Trinajstić information content (AvgIpc) is 2.16. The standard InChI is InChI=1S/C10H11N3O2/c1-6-3-8(4-9(5-11)12-6)13-7(2)10(14)15/h3-4,7H,1-2H3,(H,12,13)(H,14,15)/t7-/m1/s1. The minimum atomic E-state index is -0.942. The lowest BCUT2D eigenvalue weighted by Crippen LogP contribution is -2.25. The van der Waals surface area contributed by atoms with Gasteiger partial charge in [0.05, 0.1) is 0 Å². The number of carboxylic acid groups (broad SMARTS) is 1. The third kappa shape index (κ3) is 2.95. The molecule has 0 unspecified atom stereocenters. The molecule has 1 aromatic heterocycles. The lowest BCUT2D eigenvalue weighted by molar-refractivity contribution is -0.137. The van der Waals surface area contributed by atoms with Crippen molar-refractivity contribution in [2.24, 2.45) is 0 Å². The lowest BCUT2D eigenvalue weighted by atomic mass is 10.2. The first-order chi connectivity index (χ1) is 7.02. The normalized spacial score (nSPS) is 11.5. The van der Waals surface area contributed by atoms with Gasteiger partial charge in [0.15, 0.2) is 0 Å². The minimum absolute atomic E-state index is 0.273. The Balaban J connectivity index is 2.91. The van der Waals surface area contributed by atoms with E-state index in [0.717, 1.165) is 0 Å². The van der Waals surface area contributed by atoms with Crippen molar-refractivity contribution in [1.29, 1.82) is 5.26 Å². The Bertz CT molecular complexity index is 423. The Morgan fingerprint density at radius 3 is 2.87 bits per heavy atom. The number of carbonyl (C=O) groups is 1. The number of rotatable bonds is 3. The van der Waals surface area contributed by atoms with Gasteiger partial charge in [0, 0.05) is 11.4 Å². The number of hydrogen-bond donors (Lipinski definition) is 2. The number of nitrogens with zero attached hydrogens (tertiary/aromatic N) is 2. The van der Waals surface area contributed by atoms with Gasteiger partial charge < -0.3 is 10.4 Å². The molecule has 78 valence electrons. The second-order valence-corrected chi connectivity index (χ2v) is 3.20. The van der Waals surface area contributed by atoms with Gasteiger partial charge >= 0.3 is 5.97 Å². The minimum Gasteiger partial charge on any atom is -0.480 e. The highest BCUT2D eigenvalue weighted by atomic mass is 16.4. The van der Waals surface area contributed by atoms with Crippen LogP contribution in [0, 0.1) is 18.3 Å². The molecule has 0 aliphatic rings. The molecule has 1 rings (SSSR count). The maximum absolute atomic E-state index is 10.6. The molecule has 0 saturated heterocycles. The first-order valence-corrected chi connectivity index (χ1v) is 4.41. The van der Waals surface area contributed by atoms with Crippen LogP contribution in [0.15, 0.2) is 12.1 Å². The molecule has 0 amide bonds. The quantitative estimate of drug-likeness (QED) is 0.772. The van der Waals surface area contributed by atoms with E-state index in [9.17, 15) is 4.79 Å². The van der Waals surface area contributed by atoms with Gasteiger partial charge in [-0.1, -0.05) is 0 Å². The second-order valence-electron chi connectivity index (χ2n) is 3.20. The van der Waals surface area contributed by atoms with E-state index < -0.39 is 12.0 Å². The largest absolute Gasteiger partial charge is 0.480 e. The number of hydrogen-bond acceptors (Lipinski definition) is 4. The number of nitrogens with one attached hydrogen (secondary N) is 1. The van der Waals surface area contributed by atoms with Crippen molar-refractivity contribution < 1.29 is 9.90 Å². The van der Waals surface area contributed by atoms with Crippen LogP contribution in [0.3, 0.4) is 0 Å². The maximum atomic E-state index is 10.6. The number of anilines is 1. The van der Waals surface area contributed by atoms with E-state index in [1.165, 1.54) is 13.0 Å². The van der Waals surface area contributed by atoms with Crippen LogP contribution in [-0.2, 0) is 4.79 Å². The molecule has 0 aliphatic heterocycles. The van der Waals surface area contributed by atoms with Crippen molar-refractivity contribution >= 4 is 11.7 Å². The molecule has 15 heavy (non-hydrogen) atoms. The van der Waals surface area contributed by atoms with Gasteiger partial charge in [-0.25, -0.2) is 4.98 Å². The van der Waals surface area contributed by atoms with E-state index in [1.54, 1.807) is 13.0 Å². The fourth-order valence-electron chi connectivity index (χ4n) is 1.12. The molecule has 0 radical (unpaired) electrons. The van der Waals surface area contributed by atoms with E-state index in [0.29, 0.717) is 11.4 Å². The summed E-state index contributed by atoms with van der Waals surface area (Å²) >= 11 is 0. The SMILES string of the molecule is Cc1cc(N[C@H](C)C(=O)O)cc(C#N)n1. The summed E-state index contributed by atoms with van der Waals surface area (Å²) in [5.41, 5.74) is 1.54. The van der Waals surface area contributed by atoms with Crippen LogP contribution in [0.4, 0.5) is 5.69 Å². The number of pyridine rings is 1.